The molecule has 0 bridgehead atoms. The van der Waals surface area contributed by atoms with Crippen molar-refractivity contribution in [1.29, 1.82) is 0 Å². The van der Waals surface area contributed by atoms with E-state index < -0.39 is 72.7 Å². The number of hydrogen-bond donors (Lipinski definition) is 9. The van der Waals surface area contributed by atoms with Gasteiger partial charge in [-0.2, -0.15) is 0 Å². The number of aliphatic carboxylic acids is 1. The van der Waals surface area contributed by atoms with Gasteiger partial charge in [0.25, 0.3) is 0 Å². The lowest BCUT2D eigenvalue weighted by molar-refractivity contribution is -0.142. The third-order valence-corrected chi connectivity index (χ3v) is 4.88. The lowest BCUT2D eigenvalue weighted by Gasteiger charge is -2.24. The van der Waals surface area contributed by atoms with Crippen molar-refractivity contribution in [3.8, 4) is 5.75 Å². The van der Waals surface area contributed by atoms with E-state index in [9.17, 15) is 44.1 Å². The fraction of sp³-hybridized carbons (Fsp3) is 0.429. The summed E-state index contributed by atoms with van der Waals surface area (Å²) in [6.45, 7) is -0.913. The Morgan fingerprint density at radius 1 is 0.806 bits per heavy atom. The molecule has 0 spiro atoms. The molecule has 0 aliphatic rings. The lowest BCUT2D eigenvalue weighted by Crippen LogP contribution is -2.58. The van der Waals surface area contributed by atoms with Gasteiger partial charge in [0.1, 0.15) is 23.9 Å². The molecule has 0 heterocycles. The zero-order valence-corrected chi connectivity index (χ0v) is 19.2. The summed E-state index contributed by atoms with van der Waals surface area (Å²) in [7, 11) is 0. The van der Waals surface area contributed by atoms with E-state index >= 15 is 0 Å². The van der Waals surface area contributed by atoms with Gasteiger partial charge in [0.2, 0.25) is 29.5 Å². The smallest absolute Gasteiger partial charge is 0.326 e. The molecule has 15 nitrogen and oxygen atoms in total. The maximum Gasteiger partial charge on any atom is 0.326 e. The quantitative estimate of drug-likeness (QED) is 0.110. The van der Waals surface area contributed by atoms with Gasteiger partial charge in [-0.25, -0.2) is 4.79 Å². The Kier molecular flexibility index (Phi) is 11.8. The molecular weight excluding hydrogens is 480 g/mol. The van der Waals surface area contributed by atoms with Crippen LogP contribution >= 0.6 is 0 Å². The van der Waals surface area contributed by atoms with Crippen LogP contribution < -0.4 is 33.2 Å². The van der Waals surface area contributed by atoms with Crippen molar-refractivity contribution in [3.05, 3.63) is 29.8 Å². The van der Waals surface area contributed by atoms with Crippen LogP contribution in [0.2, 0.25) is 0 Å². The number of primary amides is 2. The number of nitrogens with two attached hydrogens (primary N) is 3. The summed E-state index contributed by atoms with van der Waals surface area (Å²) in [6.07, 6.45) is -1.21. The number of carbonyl (C=O) groups is 6. The number of rotatable bonds is 15. The normalized spacial score (nSPS) is 13.9. The number of phenolic OH excluding ortho intramolecular Hbond substituents is 1. The van der Waals surface area contributed by atoms with Crippen LogP contribution in [0.15, 0.2) is 24.3 Å². The minimum absolute atomic E-state index is 0.0433. The molecule has 12 N–H and O–H groups in total. The molecule has 4 unspecified atom stereocenters. The van der Waals surface area contributed by atoms with Gasteiger partial charge >= 0.3 is 5.97 Å². The number of hydrogen-bond acceptors (Lipinski definition) is 9. The first kappa shape index (κ1) is 29.8. The van der Waals surface area contributed by atoms with E-state index in [1.54, 1.807) is 0 Å². The Bertz CT molecular complexity index is 969. The first-order valence-electron chi connectivity index (χ1n) is 10.7. The highest BCUT2D eigenvalue weighted by molar-refractivity contribution is 5.96. The number of aromatic hydroxyl groups is 1. The number of amides is 5. The van der Waals surface area contributed by atoms with E-state index in [1.165, 1.54) is 24.3 Å². The largest absolute Gasteiger partial charge is 0.508 e. The molecule has 0 fully saturated rings. The zero-order valence-electron chi connectivity index (χ0n) is 19.2. The maximum absolute atomic E-state index is 12.7. The molecule has 4 atom stereocenters. The van der Waals surface area contributed by atoms with Crippen LogP contribution in [-0.2, 0) is 35.2 Å². The maximum atomic E-state index is 12.7. The van der Waals surface area contributed by atoms with Crippen molar-refractivity contribution >= 4 is 35.5 Å². The second-order valence-electron chi connectivity index (χ2n) is 7.86. The fourth-order valence-corrected chi connectivity index (χ4v) is 2.92. The molecule has 0 saturated carbocycles. The molecule has 0 saturated heterocycles. The highest BCUT2D eigenvalue weighted by Gasteiger charge is 2.31. The van der Waals surface area contributed by atoms with Gasteiger partial charge in [0, 0.05) is 12.8 Å². The van der Waals surface area contributed by atoms with Gasteiger partial charge in [-0.1, -0.05) is 12.1 Å². The molecule has 0 aliphatic heterocycles. The first-order chi connectivity index (χ1) is 16.8. The predicted octanol–water partition coefficient (Wildman–Crippen LogP) is -4.07. The number of carboxylic acid groups (broad SMARTS) is 1. The second-order valence-corrected chi connectivity index (χ2v) is 7.86. The predicted molar refractivity (Wildman–Crippen MR) is 123 cm³/mol. The Balaban J connectivity index is 2.90. The van der Waals surface area contributed by atoms with E-state index in [-0.39, 0.29) is 25.0 Å². The summed E-state index contributed by atoms with van der Waals surface area (Å²) in [5.41, 5.74) is 16.2. The van der Waals surface area contributed by atoms with Crippen LogP contribution in [0.25, 0.3) is 0 Å². The Morgan fingerprint density at radius 3 is 1.83 bits per heavy atom. The topological polar surface area (TPSA) is 277 Å². The van der Waals surface area contributed by atoms with Crippen molar-refractivity contribution in [3.63, 3.8) is 0 Å². The number of benzene rings is 1. The Hall–Kier alpha value is -4.24. The third kappa shape index (κ3) is 10.4. The lowest BCUT2D eigenvalue weighted by atomic mass is 10.0. The van der Waals surface area contributed by atoms with Crippen molar-refractivity contribution in [2.45, 2.75) is 49.9 Å². The number of nitrogens with one attached hydrogen (secondary N) is 3. The molecule has 0 aliphatic carbocycles. The van der Waals surface area contributed by atoms with Crippen molar-refractivity contribution in [1.82, 2.24) is 16.0 Å². The molecule has 0 radical (unpaired) electrons. The van der Waals surface area contributed by atoms with Crippen LogP contribution in [0, 0.1) is 0 Å². The molecule has 0 aromatic heterocycles. The minimum Gasteiger partial charge on any atom is -0.508 e. The zero-order chi connectivity index (χ0) is 27.4. The molecule has 198 valence electrons. The van der Waals surface area contributed by atoms with Crippen LogP contribution in [0.3, 0.4) is 0 Å². The number of carbonyl (C=O) groups excluding carboxylic acids is 5. The molecule has 15 heteroatoms. The van der Waals surface area contributed by atoms with Crippen LogP contribution in [-0.4, -0.2) is 81.6 Å². The molecule has 36 heavy (non-hydrogen) atoms. The van der Waals surface area contributed by atoms with Gasteiger partial charge in [-0.15, -0.1) is 0 Å². The summed E-state index contributed by atoms with van der Waals surface area (Å²) in [4.78, 5) is 71.3. The highest BCUT2D eigenvalue weighted by Crippen LogP contribution is 2.12. The number of carboxylic acids is 1. The molecule has 1 aromatic rings. The standard InChI is InChI=1S/C21H30N6O9/c22-12(5-6-16(23)30)18(32)27-15(9-28)20(34)25-13(8-17(24)31)19(33)26-14(21(35)36)7-10-1-3-11(29)4-2-10/h1-4,12-15,28-29H,5-9,22H2,(H2,23,30)(H2,24,31)(H,25,34)(H,26,33)(H,27,32)(H,35,36). The Labute approximate surface area is 205 Å². The second kappa shape index (κ2) is 14.2. The van der Waals surface area contributed by atoms with Crippen LogP contribution in [0.5, 0.6) is 5.75 Å². The van der Waals surface area contributed by atoms with Gasteiger partial charge in [0.05, 0.1) is 19.1 Å². The monoisotopic (exact) mass is 510 g/mol. The van der Waals surface area contributed by atoms with E-state index in [1.807, 2.05) is 0 Å². The fourth-order valence-electron chi connectivity index (χ4n) is 2.92. The number of aliphatic hydroxyl groups is 1. The summed E-state index contributed by atoms with van der Waals surface area (Å²) in [5.74, 6) is -6.18. The van der Waals surface area contributed by atoms with Crippen molar-refractivity contribution in [2.75, 3.05) is 6.61 Å². The summed E-state index contributed by atoms with van der Waals surface area (Å²) in [6, 6.07) is -0.360. The van der Waals surface area contributed by atoms with Gasteiger partial charge in [-0.3, -0.25) is 24.0 Å². The SMILES string of the molecule is NC(=O)CCC(N)C(=O)NC(CO)C(=O)NC(CC(N)=O)C(=O)NC(Cc1ccc(O)cc1)C(=O)O. The first-order valence-corrected chi connectivity index (χ1v) is 10.7. The third-order valence-electron chi connectivity index (χ3n) is 4.88. The van der Waals surface area contributed by atoms with Crippen molar-refractivity contribution < 1.29 is 44.1 Å². The van der Waals surface area contributed by atoms with E-state index in [0.717, 1.165) is 0 Å². The van der Waals surface area contributed by atoms with Crippen LogP contribution in [0.1, 0.15) is 24.8 Å². The molecule has 1 aromatic carbocycles. The molecule has 1 rings (SSSR count). The highest BCUT2D eigenvalue weighted by atomic mass is 16.4. The van der Waals surface area contributed by atoms with Gasteiger partial charge in [-0.05, 0) is 24.1 Å². The minimum atomic E-state index is -1.63. The number of aliphatic hydroxyl groups excluding tert-OH is 1. The molecule has 5 amide bonds. The van der Waals surface area contributed by atoms with E-state index in [0.29, 0.717) is 5.56 Å². The number of phenols is 1. The summed E-state index contributed by atoms with van der Waals surface area (Å²) < 4.78 is 0. The Morgan fingerprint density at radius 2 is 1.33 bits per heavy atom. The van der Waals surface area contributed by atoms with Crippen LogP contribution in [0.4, 0.5) is 0 Å². The summed E-state index contributed by atoms with van der Waals surface area (Å²) in [5, 5.41) is 34.8. The van der Waals surface area contributed by atoms with E-state index in [2.05, 4.69) is 16.0 Å². The van der Waals surface area contributed by atoms with Gasteiger partial charge in [0.15, 0.2) is 0 Å². The molecular formula is C21H30N6O9. The summed E-state index contributed by atoms with van der Waals surface area (Å²) >= 11 is 0. The van der Waals surface area contributed by atoms with E-state index in [4.69, 9.17) is 17.2 Å². The van der Waals surface area contributed by atoms with Gasteiger partial charge < -0.3 is 48.5 Å². The van der Waals surface area contributed by atoms with Crippen molar-refractivity contribution in [2.24, 2.45) is 17.2 Å². The average Bonchev–Trinajstić information content (AvgIpc) is 2.80. The average molecular weight is 511 g/mol.